The van der Waals surface area contributed by atoms with Crippen molar-refractivity contribution in [3.63, 3.8) is 0 Å². The molecular weight excluding hydrogens is 394 g/mol. The number of aryl methyl sites for hydroxylation is 2. The first-order valence-electron chi connectivity index (χ1n) is 8.91. The Balaban J connectivity index is 1.75. The number of nitrogens with zero attached hydrogens (tertiary/aromatic N) is 4. The van der Waals surface area contributed by atoms with E-state index in [0.29, 0.717) is 0 Å². The van der Waals surface area contributed by atoms with Gasteiger partial charge in [-0.25, -0.2) is 13.9 Å². The van der Waals surface area contributed by atoms with Crippen LogP contribution in [0.5, 0.6) is 0 Å². The summed E-state index contributed by atoms with van der Waals surface area (Å²) in [5, 5.41) is 17.3. The van der Waals surface area contributed by atoms with Gasteiger partial charge in [-0.15, -0.1) is 0 Å². The Morgan fingerprint density at radius 2 is 1.79 bits per heavy atom. The number of nitrogens with one attached hydrogen (secondary N) is 1. The van der Waals surface area contributed by atoms with Crippen molar-refractivity contribution in [2.75, 3.05) is 6.26 Å². The first-order chi connectivity index (χ1) is 13.7. The van der Waals surface area contributed by atoms with Crippen molar-refractivity contribution in [1.82, 2.24) is 25.0 Å². The highest BCUT2D eigenvalue weighted by molar-refractivity contribution is 7.92. The molecule has 3 aromatic rings. The second kappa shape index (κ2) is 7.80. The molecule has 2 heterocycles. The van der Waals surface area contributed by atoms with Gasteiger partial charge in [-0.2, -0.15) is 10.2 Å². The molecule has 9 nitrogen and oxygen atoms in total. The van der Waals surface area contributed by atoms with E-state index in [4.69, 9.17) is 5.21 Å². The summed E-state index contributed by atoms with van der Waals surface area (Å²) in [7, 11) is -1.86. The summed E-state index contributed by atoms with van der Waals surface area (Å²) in [6.45, 7) is 1.49. The maximum atomic E-state index is 12.0. The molecule has 3 rings (SSSR count). The van der Waals surface area contributed by atoms with E-state index in [1.807, 2.05) is 37.4 Å². The van der Waals surface area contributed by atoms with Gasteiger partial charge in [-0.1, -0.05) is 24.3 Å². The third-order valence-corrected chi connectivity index (χ3v) is 7.21. The molecule has 1 amide bonds. The molecule has 2 N–H and O–H groups in total. The lowest BCUT2D eigenvalue weighted by Crippen LogP contribution is -2.49. The van der Waals surface area contributed by atoms with Crippen molar-refractivity contribution in [2.45, 2.75) is 24.6 Å². The van der Waals surface area contributed by atoms with E-state index in [1.54, 1.807) is 28.0 Å². The Morgan fingerprint density at radius 3 is 2.34 bits per heavy atom. The van der Waals surface area contributed by atoms with Crippen LogP contribution >= 0.6 is 0 Å². The maximum absolute atomic E-state index is 12.0. The fraction of sp³-hybridized carbons (Fsp3) is 0.316. The van der Waals surface area contributed by atoms with Crippen LogP contribution in [0, 0.1) is 0 Å². The highest BCUT2D eigenvalue weighted by Gasteiger charge is 2.43. The number of aromatic nitrogens is 4. The van der Waals surface area contributed by atoms with Crippen LogP contribution in [0.15, 0.2) is 48.9 Å². The molecule has 10 heteroatoms. The van der Waals surface area contributed by atoms with E-state index in [0.717, 1.165) is 28.6 Å². The van der Waals surface area contributed by atoms with Crippen molar-refractivity contribution in [3.05, 3.63) is 48.9 Å². The number of carbonyl (C=O) groups is 1. The molecule has 0 saturated heterocycles. The van der Waals surface area contributed by atoms with Crippen molar-refractivity contribution >= 4 is 15.7 Å². The average molecular weight is 417 g/mol. The van der Waals surface area contributed by atoms with Gasteiger partial charge in [0.2, 0.25) is 0 Å². The van der Waals surface area contributed by atoms with E-state index >= 15 is 0 Å². The van der Waals surface area contributed by atoms with Crippen LogP contribution in [0.25, 0.3) is 22.4 Å². The number of amides is 1. The van der Waals surface area contributed by atoms with Gasteiger partial charge in [0.25, 0.3) is 5.91 Å². The van der Waals surface area contributed by atoms with E-state index in [-0.39, 0.29) is 13.0 Å². The first kappa shape index (κ1) is 20.7. The molecule has 1 atom stereocenters. The molecule has 1 unspecified atom stereocenters. The Bertz CT molecular complexity index is 1120. The molecule has 0 aliphatic heterocycles. The van der Waals surface area contributed by atoms with Crippen molar-refractivity contribution in [3.8, 4) is 22.4 Å². The Kier molecular flexibility index (Phi) is 5.58. The number of hydrogen-bond donors (Lipinski definition) is 2. The molecule has 0 radical (unpaired) electrons. The topological polar surface area (TPSA) is 119 Å². The van der Waals surface area contributed by atoms with E-state index in [9.17, 15) is 13.2 Å². The Hall–Kier alpha value is -2.98. The monoisotopic (exact) mass is 417 g/mol. The molecule has 2 aromatic heterocycles. The number of sulfone groups is 1. The van der Waals surface area contributed by atoms with Crippen LogP contribution in [-0.2, 0) is 28.2 Å². The normalized spacial score (nSPS) is 13.8. The minimum absolute atomic E-state index is 0.0290. The van der Waals surface area contributed by atoms with E-state index in [1.165, 1.54) is 12.4 Å². The lowest BCUT2D eigenvalue weighted by atomic mass is 10.1. The van der Waals surface area contributed by atoms with Gasteiger partial charge in [-0.3, -0.25) is 19.4 Å². The van der Waals surface area contributed by atoms with Gasteiger partial charge in [-0.05, 0) is 30.5 Å². The summed E-state index contributed by atoms with van der Waals surface area (Å²) in [6.07, 6.45) is 6.16. The predicted molar refractivity (Wildman–Crippen MR) is 108 cm³/mol. The smallest absolute Gasteiger partial charge is 0.264 e. The summed E-state index contributed by atoms with van der Waals surface area (Å²) < 4.78 is 25.7. The number of carbonyl (C=O) groups excluding carboxylic acids is 1. The summed E-state index contributed by atoms with van der Waals surface area (Å²) in [5.41, 5.74) is 5.33. The fourth-order valence-corrected chi connectivity index (χ4v) is 3.88. The molecule has 154 valence electrons. The number of benzene rings is 1. The van der Waals surface area contributed by atoms with Crippen LogP contribution in [-0.4, -0.2) is 50.1 Å². The van der Waals surface area contributed by atoms with Gasteiger partial charge < -0.3 is 0 Å². The molecule has 0 bridgehead atoms. The molecule has 0 saturated carbocycles. The lowest BCUT2D eigenvalue weighted by Gasteiger charge is -2.24. The van der Waals surface area contributed by atoms with Crippen LogP contribution in [0.1, 0.15) is 13.3 Å². The van der Waals surface area contributed by atoms with E-state index in [2.05, 4.69) is 10.2 Å². The van der Waals surface area contributed by atoms with Gasteiger partial charge in [0, 0.05) is 37.8 Å². The Labute approximate surface area is 168 Å². The summed E-state index contributed by atoms with van der Waals surface area (Å²) in [4.78, 5) is 11.9. The molecular formula is C19H23N5O4S. The zero-order valence-electron chi connectivity index (χ0n) is 16.4. The van der Waals surface area contributed by atoms with Gasteiger partial charge in [0.1, 0.15) is 0 Å². The molecule has 0 spiro atoms. The van der Waals surface area contributed by atoms with Gasteiger partial charge >= 0.3 is 0 Å². The highest BCUT2D eigenvalue weighted by atomic mass is 32.2. The molecule has 0 aliphatic carbocycles. The quantitative estimate of drug-likeness (QED) is 0.446. The predicted octanol–water partition coefficient (Wildman–Crippen LogP) is 1.65. The second-order valence-corrected chi connectivity index (χ2v) is 9.55. The first-order valence-corrected chi connectivity index (χ1v) is 10.8. The molecule has 0 fully saturated rings. The van der Waals surface area contributed by atoms with Crippen molar-refractivity contribution in [2.24, 2.45) is 7.05 Å². The zero-order chi connectivity index (χ0) is 21.2. The summed E-state index contributed by atoms with van der Waals surface area (Å²) in [5.74, 6) is -0.960. The van der Waals surface area contributed by atoms with Crippen LogP contribution in [0.3, 0.4) is 0 Å². The molecule has 1 aromatic carbocycles. The molecule has 0 aliphatic rings. The maximum Gasteiger partial charge on any atom is 0.264 e. The minimum atomic E-state index is -3.74. The molecule has 29 heavy (non-hydrogen) atoms. The van der Waals surface area contributed by atoms with Gasteiger partial charge in [0.15, 0.2) is 14.6 Å². The van der Waals surface area contributed by atoms with Crippen molar-refractivity contribution < 1.29 is 18.4 Å². The number of hydrogen-bond acceptors (Lipinski definition) is 6. The van der Waals surface area contributed by atoms with Crippen LogP contribution < -0.4 is 5.48 Å². The van der Waals surface area contributed by atoms with E-state index < -0.39 is 20.5 Å². The third kappa shape index (κ3) is 4.08. The highest BCUT2D eigenvalue weighted by Crippen LogP contribution is 2.25. The third-order valence-electron chi connectivity index (χ3n) is 5.19. The largest absolute Gasteiger partial charge is 0.289 e. The minimum Gasteiger partial charge on any atom is -0.289 e. The van der Waals surface area contributed by atoms with Crippen LogP contribution in [0.4, 0.5) is 0 Å². The fourth-order valence-electron chi connectivity index (χ4n) is 3.04. The second-order valence-electron chi connectivity index (χ2n) is 7.10. The summed E-state index contributed by atoms with van der Waals surface area (Å²) in [6, 6.07) is 9.88. The summed E-state index contributed by atoms with van der Waals surface area (Å²) >= 11 is 0. The SMILES string of the molecule is Cn1nccc1-c1ccc(-c2cnn(CCC(C)(C(=O)NO)S(C)(=O)=O)c2)cc1. The lowest BCUT2D eigenvalue weighted by molar-refractivity contribution is -0.131. The number of rotatable bonds is 7. The van der Waals surface area contributed by atoms with Crippen molar-refractivity contribution in [1.29, 1.82) is 0 Å². The standard InChI is InChI=1S/C19H23N5O4S/c1-19(18(25)22-26,29(3,27)28)9-11-24-13-16(12-21-24)14-4-6-15(7-5-14)17-8-10-20-23(17)2/h4-8,10,12-13,26H,9,11H2,1-3H3,(H,22,25). The van der Waals surface area contributed by atoms with Gasteiger partial charge in [0.05, 0.1) is 11.9 Å². The van der Waals surface area contributed by atoms with Crippen LogP contribution in [0.2, 0.25) is 0 Å². The average Bonchev–Trinajstić information content (AvgIpc) is 3.33. The zero-order valence-corrected chi connectivity index (χ0v) is 17.2. The number of hydroxylamine groups is 1. The Morgan fingerprint density at radius 1 is 1.14 bits per heavy atom.